The molecule has 0 aromatic heterocycles. The molecule has 0 saturated carbocycles. The molecule has 0 rings (SSSR count). The lowest BCUT2D eigenvalue weighted by Crippen LogP contribution is -2.02. The third-order valence-corrected chi connectivity index (χ3v) is 3.00. The highest BCUT2D eigenvalue weighted by atomic mass is 32.2. The molecule has 0 aliphatic carbocycles. The minimum atomic E-state index is -0.137. The molecule has 4 heteroatoms. The second kappa shape index (κ2) is 7.28. The average Bonchev–Trinajstić information content (AvgIpc) is 1.98. The Morgan fingerprint density at radius 1 is 1.50 bits per heavy atom. The summed E-state index contributed by atoms with van der Waals surface area (Å²) >= 11 is 3.41. The Labute approximate surface area is 70.1 Å². The molecule has 0 radical (unpaired) electrons. The van der Waals surface area contributed by atoms with Gasteiger partial charge in [0, 0.05) is 5.08 Å². The van der Waals surface area contributed by atoms with E-state index >= 15 is 0 Å². The van der Waals surface area contributed by atoms with Gasteiger partial charge in [-0.2, -0.15) is 11.8 Å². The Balaban J connectivity index is 2.96. The van der Waals surface area contributed by atoms with E-state index in [4.69, 9.17) is 0 Å². The lowest BCUT2D eigenvalue weighted by molar-refractivity contribution is -0.137. The van der Waals surface area contributed by atoms with Crippen LogP contribution in [0.2, 0.25) is 0 Å². The molecule has 0 fully saturated rings. The summed E-state index contributed by atoms with van der Waals surface area (Å²) in [6.07, 6.45) is 0. The first-order valence-electron chi connectivity index (χ1n) is 3.03. The second-order valence-electron chi connectivity index (χ2n) is 1.54. The molecular formula is C6H12O2S2. The van der Waals surface area contributed by atoms with Gasteiger partial charge in [0.25, 0.3) is 0 Å². The van der Waals surface area contributed by atoms with Gasteiger partial charge in [0.05, 0.1) is 12.9 Å². The van der Waals surface area contributed by atoms with Crippen molar-refractivity contribution < 1.29 is 9.53 Å². The van der Waals surface area contributed by atoms with E-state index in [9.17, 15) is 4.79 Å². The lowest BCUT2D eigenvalue weighted by Gasteiger charge is -1.97. The molecule has 0 aromatic carbocycles. The zero-order valence-corrected chi connectivity index (χ0v) is 7.89. The zero-order valence-electron chi connectivity index (χ0n) is 6.25. The summed E-state index contributed by atoms with van der Waals surface area (Å²) in [4.78, 5) is 10.5. The van der Waals surface area contributed by atoms with Gasteiger partial charge in [0.1, 0.15) is 0 Å². The summed E-state index contributed by atoms with van der Waals surface area (Å²) in [5.41, 5.74) is 0. The van der Waals surface area contributed by atoms with E-state index in [0.29, 0.717) is 5.75 Å². The smallest absolute Gasteiger partial charge is 0.315 e. The summed E-state index contributed by atoms with van der Waals surface area (Å²) < 4.78 is 4.46. The first kappa shape index (κ1) is 10.2. The highest BCUT2D eigenvalue weighted by Crippen LogP contribution is 2.10. The number of rotatable bonds is 5. The van der Waals surface area contributed by atoms with Gasteiger partial charge in [0.15, 0.2) is 0 Å². The Bertz CT molecular complexity index is 95.7. The van der Waals surface area contributed by atoms with E-state index in [0.717, 1.165) is 10.8 Å². The zero-order chi connectivity index (χ0) is 7.82. The summed E-state index contributed by atoms with van der Waals surface area (Å²) in [6, 6.07) is 0. The number of carbonyl (C=O) groups excluding carboxylic acids is 1. The maximum absolute atomic E-state index is 10.5. The second-order valence-corrected chi connectivity index (χ2v) is 4.16. The number of thioether (sulfide) groups is 2. The number of ether oxygens (including phenoxy) is 1. The van der Waals surface area contributed by atoms with Crippen molar-refractivity contribution in [3.05, 3.63) is 0 Å². The van der Waals surface area contributed by atoms with Crippen LogP contribution in [0.15, 0.2) is 0 Å². The van der Waals surface area contributed by atoms with Crippen LogP contribution >= 0.6 is 23.5 Å². The molecular weight excluding hydrogens is 168 g/mol. The molecule has 60 valence electrons. The van der Waals surface area contributed by atoms with E-state index in [1.807, 2.05) is 11.8 Å². The largest absolute Gasteiger partial charge is 0.468 e. The number of hydrogen-bond acceptors (Lipinski definition) is 4. The first-order valence-corrected chi connectivity index (χ1v) is 5.34. The van der Waals surface area contributed by atoms with Crippen LogP contribution in [0.25, 0.3) is 0 Å². The van der Waals surface area contributed by atoms with Crippen molar-refractivity contribution >= 4 is 29.5 Å². The highest BCUT2D eigenvalue weighted by molar-refractivity contribution is 8.16. The van der Waals surface area contributed by atoms with Gasteiger partial charge in [-0.15, -0.1) is 11.8 Å². The normalized spacial score (nSPS) is 9.40. The van der Waals surface area contributed by atoms with Crippen molar-refractivity contribution in [3.63, 3.8) is 0 Å². The van der Waals surface area contributed by atoms with Gasteiger partial charge in [-0.3, -0.25) is 4.79 Å². The highest BCUT2D eigenvalue weighted by Gasteiger charge is 1.97. The van der Waals surface area contributed by atoms with Crippen molar-refractivity contribution in [2.24, 2.45) is 0 Å². The SMILES string of the molecule is CCSCSCC(=O)OC. The topological polar surface area (TPSA) is 26.3 Å². The molecule has 0 heterocycles. The predicted molar refractivity (Wildman–Crippen MR) is 47.5 cm³/mol. The molecule has 0 bridgehead atoms. The Morgan fingerprint density at radius 2 is 2.20 bits per heavy atom. The fourth-order valence-electron chi connectivity index (χ4n) is 0.326. The number of methoxy groups -OCH3 is 1. The minimum absolute atomic E-state index is 0.137. The van der Waals surface area contributed by atoms with Crippen LogP contribution in [0.5, 0.6) is 0 Å². The lowest BCUT2D eigenvalue weighted by atomic mass is 10.8. The molecule has 0 aromatic rings. The third-order valence-electron chi connectivity index (χ3n) is 0.818. The average molecular weight is 180 g/mol. The maximum atomic E-state index is 10.5. The summed E-state index contributed by atoms with van der Waals surface area (Å²) in [6.45, 7) is 2.10. The van der Waals surface area contributed by atoms with Crippen LogP contribution in [0.1, 0.15) is 6.92 Å². The summed E-state index contributed by atoms with van der Waals surface area (Å²) in [7, 11) is 1.41. The molecule has 0 saturated heterocycles. The predicted octanol–water partition coefficient (Wildman–Crippen LogP) is 1.60. The Kier molecular flexibility index (Phi) is 7.40. The van der Waals surface area contributed by atoms with Gasteiger partial charge in [0.2, 0.25) is 0 Å². The minimum Gasteiger partial charge on any atom is -0.468 e. The van der Waals surface area contributed by atoms with Crippen LogP contribution < -0.4 is 0 Å². The van der Waals surface area contributed by atoms with E-state index in [-0.39, 0.29) is 5.97 Å². The van der Waals surface area contributed by atoms with Crippen molar-refractivity contribution in [3.8, 4) is 0 Å². The van der Waals surface area contributed by atoms with Crippen LogP contribution in [-0.4, -0.2) is 29.7 Å². The molecule has 0 aliphatic heterocycles. The molecule has 0 spiro atoms. The monoisotopic (exact) mass is 180 g/mol. The maximum Gasteiger partial charge on any atom is 0.315 e. The van der Waals surface area contributed by atoms with Gasteiger partial charge < -0.3 is 4.74 Å². The van der Waals surface area contributed by atoms with Crippen molar-refractivity contribution in [1.29, 1.82) is 0 Å². The van der Waals surface area contributed by atoms with E-state index in [2.05, 4.69) is 11.7 Å². The quantitative estimate of drug-likeness (QED) is 0.365. The van der Waals surface area contributed by atoms with Crippen LogP contribution in [0.4, 0.5) is 0 Å². The van der Waals surface area contributed by atoms with Crippen LogP contribution in [0.3, 0.4) is 0 Å². The molecule has 0 unspecified atom stereocenters. The third kappa shape index (κ3) is 6.29. The van der Waals surface area contributed by atoms with Crippen molar-refractivity contribution in [2.75, 3.05) is 23.7 Å². The number of carbonyl (C=O) groups is 1. The van der Waals surface area contributed by atoms with Gasteiger partial charge >= 0.3 is 5.97 Å². The van der Waals surface area contributed by atoms with Gasteiger partial charge in [-0.05, 0) is 5.75 Å². The number of esters is 1. The molecule has 0 amide bonds. The van der Waals surface area contributed by atoms with Crippen LogP contribution in [-0.2, 0) is 9.53 Å². The fraction of sp³-hybridized carbons (Fsp3) is 0.833. The molecule has 0 aliphatic rings. The van der Waals surface area contributed by atoms with E-state index < -0.39 is 0 Å². The molecule has 10 heavy (non-hydrogen) atoms. The molecule has 0 N–H and O–H groups in total. The molecule has 2 nitrogen and oxygen atoms in total. The fourth-order valence-corrected chi connectivity index (χ4v) is 2.08. The standard InChI is InChI=1S/C6H12O2S2/c1-3-9-5-10-4-6(7)8-2/h3-5H2,1-2H3. The van der Waals surface area contributed by atoms with E-state index in [1.165, 1.54) is 7.11 Å². The number of hydrogen-bond donors (Lipinski definition) is 0. The van der Waals surface area contributed by atoms with Crippen molar-refractivity contribution in [2.45, 2.75) is 6.92 Å². The Morgan fingerprint density at radius 3 is 2.70 bits per heavy atom. The summed E-state index contributed by atoms with van der Waals surface area (Å²) in [5.74, 6) is 1.44. The summed E-state index contributed by atoms with van der Waals surface area (Å²) in [5, 5.41) is 0.978. The Hall–Kier alpha value is 0.170. The van der Waals surface area contributed by atoms with E-state index in [1.54, 1.807) is 11.8 Å². The van der Waals surface area contributed by atoms with Gasteiger partial charge in [-0.1, -0.05) is 6.92 Å². The first-order chi connectivity index (χ1) is 4.81. The van der Waals surface area contributed by atoms with Gasteiger partial charge in [-0.25, -0.2) is 0 Å². The molecule has 0 atom stereocenters. The van der Waals surface area contributed by atoms with Crippen molar-refractivity contribution in [1.82, 2.24) is 0 Å². The van der Waals surface area contributed by atoms with Crippen LogP contribution in [0, 0.1) is 0 Å².